The number of nitrogens with one attached hydrogen (secondary N) is 2. The first kappa shape index (κ1) is 12.8. The van der Waals surface area contributed by atoms with Crippen LogP contribution in [-0.4, -0.2) is 8.42 Å². The van der Waals surface area contributed by atoms with Crippen molar-refractivity contribution in [1.82, 2.24) is 4.72 Å². The van der Waals surface area contributed by atoms with Gasteiger partial charge in [-0.2, -0.15) is 4.72 Å². The van der Waals surface area contributed by atoms with Crippen molar-refractivity contribution < 1.29 is 8.42 Å². The molecule has 0 amide bonds. The van der Waals surface area contributed by atoms with Crippen LogP contribution in [0.4, 0.5) is 5.69 Å². The summed E-state index contributed by atoms with van der Waals surface area (Å²) in [7, 11) is -3.52. The number of hydrogen-bond donors (Lipinski definition) is 2. The maximum absolute atomic E-state index is 12.5. The van der Waals surface area contributed by atoms with Crippen molar-refractivity contribution in [2.24, 2.45) is 0 Å². The van der Waals surface area contributed by atoms with E-state index in [1.807, 2.05) is 47.8 Å². The summed E-state index contributed by atoms with van der Waals surface area (Å²) >= 11 is 1.60. The van der Waals surface area contributed by atoms with Crippen molar-refractivity contribution >= 4 is 37.1 Å². The van der Waals surface area contributed by atoms with Gasteiger partial charge in [-0.3, -0.25) is 0 Å². The fraction of sp³-hybridized carbons (Fsp3) is 0.0667. The molecule has 0 spiro atoms. The van der Waals surface area contributed by atoms with E-state index in [9.17, 15) is 8.42 Å². The normalized spacial score (nSPS) is 19.9. The Morgan fingerprint density at radius 2 is 1.86 bits per heavy atom. The smallest absolute Gasteiger partial charge is 0.244 e. The number of rotatable bonds is 1. The van der Waals surface area contributed by atoms with Gasteiger partial charge in [0.05, 0.1) is 5.69 Å². The predicted molar refractivity (Wildman–Crippen MR) is 85.0 cm³/mol. The molecule has 1 unspecified atom stereocenters. The van der Waals surface area contributed by atoms with Crippen LogP contribution in [0.25, 0.3) is 10.1 Å². The fourth-order valence-corrected chi connectivity index (χ4v) is 4.66. The summed E-state index contributed by atoms with van der Waals surface area (Å²) in [6.07, 6.45) is -0.443. The zero-order valence-corrected chi connectivity index (χ0v) is 12.5. The Morgan fingerprint density at radius 1 is 1.05 bits per heavy atom. The van der Waals surface area contributed by atoms with Crippen LogP contribution >= 0.6 is 11.3 Å². The molecule has 0 saturated carbocycles. The number of benzene rings is 2. The van der Waals surface area contributed by atoms with Crippen LogP contribution in [0.3, 0.4) is 0 Å². The van der Waals surface area contributed by atoms with Crippen LogP contribution in [-0.2, 0) is 10.0 Å². The van der Waals surface area contributed by atoms with Crippen LogP contribution < -0.4 is 10.0 Å². The molecule has 2 aromatic carbocycles. The minimum atomic E-state index is -3.52. The molecule has 21 heavy (non-hydrogen) atoms. The first-order chi connectivity index (χ1) is 10.1. The Bertz CT molecular complexity index is 917. The highest BCUT2D eigenvalue weighted by Gasteiger charge is 2.30. The summed E-state index contributed by atoms with van der Waals surface area (Å²) < 4.78 is 28.7. The molecular formula is C15H12N2O2S2. The van der Waals surface area contributed by atoms with Crippen LogP contribution in [0.5, 0.6) is 0 Å². The molecule has 0 fully saturated rings. The van der Waals surface area contributed by atoms with E-state index < -0.39 is 16.2 Å². The van der Waals surface area contributed by atoms with Crippen LogP contribution in [0.15, 0.2) is 58.8 Å². The highest BCUT2D eigenvalue weighted by atomic mass is 32.2. The third-order valence-corrected chi connectivity index (χ3v) is 5.89. The second-order valence-corrected chi connectivity index (χ2v) is 7.55. The lowest BCUT2D eigenvalue weighted by Crippen LogP contribution is -2.38. The third kappa shape index (κ3) is 2.12. The van der Waals surface area contributed by atoms with Gasteiger partial charge in [0, 0.05) is 4.70 Å². The molecule has 3 aromatic rings. The van der Waals surface area contributed by atoms with Gasteiger partial charge in [-0.15, -0.1) is 11.3 Å². The minimum absolute atomic E-state index is 0.306. The molecule has 0 radical (unpaired) electrons. The van der Waals surface area contributed by atoms with E-state index in [0.717, 1.165) is 15.6 Å². The van der Waals surface area contributed by atoms with E-state index in [0.29, 0.717) is 10.6 Å². The Morgan fingerprint density at radius 3 is 2.67 bits per heavy atom. The standard InChI is InChI=1S/C15H12N2O2S2/c18-21(19)14-8-11-6-7-20-13(11)9-12(14)16-15(17-21)10-4-2-1-3-5-10/h1-9,15-17H. The summed E-state index contributed by atoms with van der Waals surface area (Å²) in [6, 6.07) is 15.0. The van der Waals surface area contributed by atoms with Crippen molar-refractivity contribution in [3.8, 4) is 0 Å². The molecule has 0 bridgehead atoms. The Balaban J connectivity index is 1.87. The molecule has 1 aliphatic rings. The van der Waals surface area contributed by atoms with Crippen LogP contribution in [0.2, 0.25) is 0 Å². The SMILES string of the molecule is O=S1(=O)NC(c2ccccc2)Nc2cc3sccc3cc21. The molecule has 4 rings (SSSR count). The molecule has 6 heteroatoms. The zero-order chi connectivity index (χ0) is 14.4. The van der Waals surface area contributed by atoms with Crippen molar-refractivity contribution in [3.63, 3.8) is 0 Å². The second-order valence-electron chi connectivity index (χ2n) is 4.92. The van der Waals surface area contributed by atoms with Gasteiger partial charge < -0.3 is 5.32 Å². The summed E-state index contributed by atoms with van der Waals surface area (Å²) in [4.78, 5) is 0.306. The van der Waals surface area contributed by atoms with Crippen molar-refractivity contribution in [2.75, 3.05) is 5.32 Å². The van der Waals surface area contributed by atoms with E-state index in [2.05, 4.69) is 10.0 Å². The summed E-state index contributed by atoms with van der Waals surface area (Å²) in [5, 5.41) is 6.18. The summed E-state index contributed by atoms with van der Waals surface area (Å²) in [5.41, 5.74) is 1.54. The number of hydrogen-bond acceptors (Lipinski definition) is 4. The van der Waals surface area contributed by atoms with Gasteiger partial charge in [-0.1, -0.05) is 30.3 Å². The Labute approximate surface area is 126 Å². The second kappa shape index (κ2) is 4.56. The van der Waals surface area contributed by atoms with Gasteiger partial charge in [0.15, 0.2) is 0 Å². The van der Waals surface area contributed by atoms with Gasteiger partial charge in [0.25, 0.3) is 0 Å². The van der Waals surface area contributed by atoms with Gasteiger partial charge in [0.1, 0.15) is 11.1 Å². The number of thiophene rings is 1. The zero-order valence-electron chi connectivity index (χ0n) is 10.9. The monoisotopic (exact) mass is 316 g/mol. The Kier molecular flexibility index (Phi) is 2.78. The molecule has 0 saturated heterocycles. The average Bonchev–Trinajstić information content (AvgIpc) is 2.93. The Hall–Kier alpha value is -1.89. The van der Waals surface area contributed by atoms with Crippen molar-refractivity contribution in [2.45, 2.75) is 11.1 Å². The lowest BCUT2D eigenvalue weighted by Gasteiger charge is -2.28. The maximum atomic E-state index is 12.5. The fourth-order valence-electron chi connectivity index (χ4n) is 2.52. The van der Waals surface area contributed by atoms with E-state index in [1.54, 1.807) is 17.4 Å². The molecule has 2 heterocycles. The number of anilines is 1. The third-order valence-electron chi connectivity index (χ3n) is 3.55. The molecule has 106 valence electrons. The van der Waals surface area contributed by atoms with Gasteiger partial charge in [-0.05, 0) is 34.5 Å². The average molecular weight is 316 g/mol. The lowest BCUT2D eigenvalue weighted by atomic mass is 10.1. The molecular weight excluding hydrogens is 304 g/mol. The van der Waals surface area contributed by atoms with Crippen molar-refractivity contribution in [3.05, 3.63) is 59.5 Å². The topological polar surface area (TPSA) is 58.2 Å². The first-order valence-electron chi connectivity index (χ1n) is 6.48. The van der Waals surface area contributed by atoms with Gasteiger partial charge in [0.2, 0.25) is 10.0 Å². The summed E-state index contributed by atoms with van der Waals surface area (Å²) in [6.45, 7) is 0. The minimum Gasteiger partial charge on any atom is -0.364 e. The highest BCUT2D eigenvalue weighted by molar-refractivity contribution is 7.89. The lowest BCUT2D eigenvalue weighted by molar-refractivity contribution is 0.563. The molecule has 1 aliphatic heterocycles. The summed E-state index contributed by atoms with van der Waals surface area (Å²) in [5.74, 6) is 0. The first-order valence-corrected chi connectivity index (χ1v) is 8.85. The van der Waals surface area contributed by atoms with Gasteiger partial charge >= 0.3 is 0 Å². The molecule has 2 N–H and O–H groups in total. The largest absolute Gasteiger partial charge is 0.364 e. The van der Waals surface area contributed by atoms with Crippen LogP contribution in [0, 0.1) is 0 Å². The van der Waals surface area contributed by atoms with Crippen molar-refractivity contribution in [1.29, 1.82) is 0 Å². The van der Waals surface area contributed by atoms with E-state index >= 15 is 0 Å². The molecule has 1 atom stereocenters. The van der Waals surface area contributed by atoms with E-state index in [-0.39, 0.29) is 0 Å². The molecule has 0 aliphatic carbocycles. The van der Waals surface area contributed by atoms with Crippen LogP contribution in [0.1, 0.15) is 11.7 Å². The van der Waals surface area contributed by atoms with Gasteiger partial charge in [-0.25, -0.2) is 8.42 Å². The molecule has 4 nitrogen and oxygen atoms in total. The highest BCUT2D eigenvalue weighted by Crippen LogP contribution is 2.36. The van der Waals surface area contributed by atoms with E-state index in [4.69, 9.17) is 0 Å². The number of fused-ring (bicyclic) bond motifs is 2. The molecule has 1 aromatic heterocycles. The van der Waals surface area contributed by atoms with E-state index in [1.165, 1.54) is 0 Å². The quantitative estimate of drug-likeness (QED) is 0.724. The maximum Gasteiger partial charge on any atom is 0.244 e. The predicted octanol–water partition coefficient (Wildman–Crippen LogP) is 3.30. The number of sulfonamides is 1.